The van der Waals surface area contributed by atoms with Crippen molar-refractivity contribution in [1.82, 2.24) is 0 Å². The largest absolute Gasteiger partial charge is 0.423 e. The molecule has 0 atom stereocenters. The van der Waals surface area contributed by atoms with Gasteiger partial charge < -0.3 is 9.16 Å². The lowest BCUT2D eigenvalue weighted by molar-refractivity contribution is 0.152. The Morgan fingerprint density at radius 3 is 2.33 bits per heavy atom. The van der Waals surface area contributed by atoms with Crippen molar-refractivity contribution in [2.75, 3.05) is 20.3 Å². The zero-order chi connectivity index (χ0) is 4.83. The summed E-state index contributed by atoms with van der Waals surface area (Å²) in [5, 5.41) is 0. The second-order valence-corrected chi connectivity index (χ2v) is 1.31. The van der Waals surface area contributed by atoms with Crippen LogP contribution in [0.1, 0.15) is 0 Å². The molecule has 0 aromatic heterocycles. The minimum atomic E-state index is 0.698. The maximum atomic E-state index is 4.69. The molecule has 0 spiro atoms. The van der Waals surface area contributed by atoms with Gasteiger partial charge in [0.1, 0.15) is 0 Å². The van der Waals surface area contributed by atoms with E-state index in [0.29, 0.717) is 13.2 Å². The van der Waals surface area contributed by atoms with Gasteiger partial charge in [0.05, 0.1) is 13.2 Å². The van der Waals surface area contributed by atoms with Gasteiger partial charge in [-0.3, -0.25) is 0 Å². The molecule has 6 heavy (non-hydrogen) atoms. The molecule has 0 saturated carbocycles. The van der Waals surface area contributed by atoms with E-state index in [1.807, 2.05) is 0 Å². The molecule has 0 amide bonds. The third kappa shape index (κ3) is 4.14. The van der Waals surface area contributed by atoms with E-state index in [-0.39, 0.29) is 0 Å². The van der Waals surface area contributed by atoms with Crippen molar-refractivity contribution >= 4 is 10.5 Å². The van der Waals surface area contributed by atoms with Crippen LogP contribution in [-0.2, 0) is 9.16 Å². The van der Waals surface area contributed by atoms with E-state index >= 15 is 0 Å². The molecule has 3 heteroatoms. The van der Waals surface area contributed by atoms with Crippen molar-refractivity contribution in [3.63, 3.8) is 0 Å². The highest BCUT2D eigenvalue weighted by Gasteiger charge is 1.73. The third-order valence-electron chi connectivity index (χ3n) is 0.432. The molecule has 0 saturated heterocycles. The fourth-order valence-corrected chi connectivity index (χ4v) is 0.260. The lowest BCUT2D eigenvalue weighted by Crippen LogP contribution is -1.97. The van der Waals surface area contributed by atoms with Crippen molar-refractivity contribution in [3.05, 3.63) is 0 Å². The number of hydrogen-bond donors (Lipinski definition) is 0. The van der Waals surface area contributed by atoms with Crippen LogP contribution in [0.25, 0.3) is 0 Å². The van der Waals surface area contributed by atoms with Crippen LogP contribution in [0.15, 0.2) is 0 Å². The van der Waals surface area contributed by atoms with Crippen molar-refractivity contribution in [2.45, 2.75) is 0 Å². The average molecular weight is 105 g/mol. The molecule has 2 nitrogen and oxygen atoms in total. The van der Waals surface area contributed by atoms with Crippen LogP contribution in [0.5, 0.6) is 0 Å². The van der Waals surface area contributed by atoms with E-state index in [9.17, 15) is 0 Å². The number of rotatable bonds is 3. The molecule has 0 N–H and O–H groups in total. The molecule has 0 aliphatic rings. The topological polar surface area (TPSA) is 18.5 Å². The maximum absolute atomic E-state index is 4.69. The van der Waals surface area contributed by atoms with E-state index in [4.69, 9.17) is 0 Å². The smallest absolute Gasteiger partial charge is 0.175 e. The molecule has 0 fully saturated rings. The highest BCUT2D eigenvalue weighted by molar-refractivity contribution is 5.97. The molecule has 1 radical (unpaired) electrons. The fraction of sp³-hybridized carbons (Fsp3) is 1.00. The lowest BCUT2D eigenvalue weighted by Gasteiger charge is -1.92. The van der Waals surface area contributed by atoms with Crippen LogP contribution in [0, 0.1) is 0 Å². The van der Waals surface area contributed by atoms with Gasteiger partial charge >= 0.3 is 0 Å². The van der Waals surface area contributed by atoms with Crippen LogP contribution < -0.4 is 0 Å². The number of hydrogen-bond acceptors (Lipinski definition) is 2. The highest BCUT2D eigenvalue weighted by Crippen LogP contribution is 1.64. The summed E-state index contributed by atoms with van der Waals surface area (Å²) in [4.78, 5) is 0. The zero-order valence-electron chi connectivity index (χ0n) is 3.94. The lowest BCUT2D eigenvalue weighted by atomic mass is 10.8. The average Bonchev–Trinajstić information content (AvgIpc) is 1.61. The summed E-state index contributed by atoms with van der Waals surface area (Å²) in [5.74, 6) is 0. The van der Waals surface area contributed by atoms with E-state index in [1.54, 1.807) is 7.11 Å². The Bertz CT molecular complexity index is 20.8. The fourth-order valence-electron chi connectivity index (χ4n) is 0.142. The zero-order valence-corrected chi connectivity index (χ0v) is 5.35. The summed E-state index contributed by atoms with van der Waals surface area (Å²) in [6, 6.07) is 0. The molecule has 0 unspecified atom stereocenters. The summed E-state index contributed by atoms with van der Waals surface area (Å²) < 4.78 is 9.35. The summed E-state index contributed by atoms with van der Waals surface area (Å²) in [5.41, 5.74) is 0. The predicted octanol–water partition coefficient (Wildman–Crippen LogP) is -0.802. The first-order valence-electron chi connectivity index (χ1n) is 1.77. The van der Waals surface area contributed by atoms with E-state index in [0.717, 1.165) is 0 Å². The molecule has 0 aliphatic carbocycles. The van der Waals surface area contributed by atoms with Crippen molar-refractivity contribution in [1.29, 1.82) is 0 Å². The normalized spacial score (nSPS) is 9.00. The summed E-state index contributed by atoms with van der Waals surface area (Å²) >= 11 is 0. The molecular weight excluding hydrogens is 96.1 g/mol. The Hall–Kier alpha value is 0.137. The van der Waals surface area contributed by atoms with Crippen LogP contribution in [-0.4, -0.2) is 30.8 Å². The Labute approximate surface area is 41.0 Å². The first kappa shape index (κ1) is 6.14. The van der Waals surface area contributed by atoms with Crippen molar-refractivity contribution < 1.29 is 9.16 Å². The van der Waals surface area contributed by atoms with Gasteiger partial charge in [0.2, 0.25) is 0 Å². The van der Waals surface area contributed by atoms with Gasteiger partial charge in [-0.2, -0.15) is 0 Å². The summed E-state index contributed by atoms with van der Waals surface area (Å²) in [6.07, 6.45) is 0. The van der Waals surface area contributed by atoms with E-state index < -0.39 is 0 Å². The Kier molecular flexibility index (Phi) is 5.25. The second-order valence-electron chi connectivity index (χ2n) is 0.901. The summed E-state index contributed by atoms with van der Waals surface area (Å²) in [7, 11) is 3.14. The minimum Gasteiger partial charge on any atom is -0.423 e. The standard InChI is InChI=1S/C3H9O2Si/c1-4-2-3-5-6/h2-3,6H2,1H3. The Morgan fingerprint density at radius 2 is 2.17 bits per heavy atom. The van der Waals surface area contributed by atoms with E-state index in [2.05, 4.69) is 9.16 Å². The minimum absolute atomic E-state index is 0.698. The highest BCUT2D eigenvalue weighted by atomic mass is 28.2. The molecule has 37 valence electrons. The van der Waals surface area contributed by atoms with Crippen LogP contribution >= 0.6 is 0 Å². The van der Waals surface area contributed by atoms with Gasteiger partial charge in [-0.05, 0) is 0 Å². The Balaban J connectivity index is 2.34. The van der Waals surface area contributed by atoms with E-state index in [1.165, 1.54) is 10.5 Å². The Morgan fingerprint density at radius 1 is 1.50 bits per heavy atom. The first-order chi connectivity index (χ1) is 2.91. The molecule has 0 bridgehead atoms. The molecular formula is C3H9O2Si. The molecule has 0 aromatic carbocycles. The number of methoxy groups -OCH3 is 1. The van der Waals surface area contributed by atoms with Gasteiger partial charge in [-0.25, -0.2) is 0 Å². The van der Waals surface area contributed by atoms with Crippen LogP contribution in [0.4, 0.5) is 0 Å². The van der Waals surface area contributed by atoms with Gasteiger partial charge in [0, 0.05) is 7.11 Å². The van der Waals surface area contributed by atoms with Crippen molar-refractivity contribution in [2.24, 2.45) is 0 Å². The SMILES string of the molecule is COCCO[SiH2]. The summed E-state index contributed by atoms with van der Waals surface area (Å²) in [6.45, 7) is 1.40. The quantitative estimate of drug-likeness (QED) is 0.345. The second kappa shape index (κ2) is 5.14. The number of ether oxygens (including phenoxy) is 1. The van der Waals surface area contributed by atoms with Gasteiger partial charge in [-0.1, -0.05) is 0 Å². The molecule has 0 aromatic rings. The predicted molar refractivity (Wildman–Crippen MR) is 26.4 cm³/mol. The maximum Gasteiger partial charge on any atom is 0.175 e. The third-order valence-corrected chi connectivity index (χ3v) is 0.720. The molecule has 0 heterocycles. The monoisotopic (exact) mass is 105 g/mol. The molecule has 0 rings (SSSR count). The van der Waals surface area contributed by atoms with Crippen molar-refractivity contribution in [3.8, 4) is 0 Å². The van der Waals surface area contributed by atoms with Gasteiger partial charge in [0.15, 0.2) is 10.5 Å². The van der Waals surface area contributed by atoms with Crippen LogP contribution in [0.3, 0.4) is 0 Å². The van der Waals surface area contributed by atoms with Gasteiger partial charge in [-0.15, -0.1) is 0 Å². The van der Waals surface area contributed by atoms with Crippen LogP contribution in [0.2, 0.25) is 0 Å². The molecule has 0 aliphatic heterocycles. The van der Waals surface area contributed by atoms with Gasteiger partial charge in [0.25, 0.3) is 0 Å². The first-order valence-corrected chi connectivity index (χ1v) is 2.35.